The minimum atomic E-state index is -1.16. The second kappa shape index (κ2) is 4.23. The molecule has 0 radical (unpaired) electrons. The van der Waals surface area contributed by atoms with E-state index in [1.807, 2.05) is 0 Å². The number of aromatic nitrogens is 3. The van der Waals surface area contributed by atoms with Gasteiger partial charge in [-0.3, -0.25) is 0 Å². The van der Waals surface area contributed by atoms with Crippen molar-refractivity contribution in [2.24, 2.45) is 0 Å². The van der Waals surface area contributed by atoms with Gasteiger partial charge in [-0.25, -0.2) is 14.4 Å². The maximum Gasteiger partial charge on any atom is 0.366 e. The molecule has 0 aliphatic carbocycles. The first kappa shape index (κ1) is 12.6. The minimum absolute atomic E-state index is 0. The summed E-state index contributed by atoms with van der Waals surface area (Å²) >= 11 is 15.3. The van der Waals surface area contributed by atoms with Gasteiger partial charge in [0.2, 0.25) is 0 Å². The zero-order valence-electron chi connectivity index (χ0n) is 5.70. The molecule has 0 bridgehead atoms. The molecular formula is C3H2Cl3N3O3S. The van der Waals surface area contributed by atoms with Crippen LogP contribution in [0.1, 0.15) is 0 Å². The van der Waals surface area contributed by atoms with E-state index >= 15 is 0 Å². The van der Waals surface area contributed by atoms with Crippen LogP contribution in [0.3, 0.4) is 0 Å². The first-order valence-corrected chi connectivity index (χ1v) is 3.48. The summed E-state index contributed by atoms with van der Waals surface area (Å²) in [6, 6.07) is 0. The molecule has 0 atom stereocenters. The van der Waals surface area contributed by atoms with Crippen molar-refractivity contribution >= 4 is 48.8 Å². The van der Waals surface area contributed by atoms with E-state index in [9.17, 15) is 14.4 Å². The average Bonchev–Trinajstić information content (AvgIpc) is 2.08. The lowest BCUT2D eigenvalue weighted by atomic mass is 11.0. The highest BCUT2D eigenvalue weighted by atomic mass is 35.5. The average molecular weight is 266 g/mol. The van der Waals surface area contributed by atoms with Crippen molar-refractivity contribution in [1.29, 1.82) is 0 Å². The molecule has 0 unspecified atom stereocenters. The summed E-state index contributed by atoms with van der Waals surface area (Å²) in [5.74, 6) is 0. The third kappa shape index (κ3) is 1.93. The van der Waals surface area contributed by atoms with Crippen LogP contribution in [-0.2, 0) is 0 Å². The lowest BCUT2D eigenvalue weighted by molar-refractivity contribution is 0.770. The molecule has 1 heterocycles. The number of hydrogen-bond acceptors (Lipinski definition) is 3. The molecule has 1 rings (SSSR count). The standard InChI is InChI=1S/C3Cl3N3O3.H2S/c4-7-1(10)8(5)3(12)9(6)2(7)11;/h;1H2. The maximum absolute atomic E-state index is 10.8. The van der Waals surface area contributed by atoms with E-state index in [0.29, 0.717) is 0 Å². The second-order valence-corrected chi connectivity index (χ2v) is 2.70. The van der Waals surface area contributed by atoms with Crippen molar-refractivity contribution in [3.8, 4) is 0 Å². The smallest absolute Gasteiger partial charge is 0.244 e. The molecular weight excluding hydrogens is 264 g/mol. The van der Waals surface area contributed by atoms with Crippen LogP contribution in [-0.4, -0.2) is 12.3 Å². The van der Waals surface area contributed by atoms with E-state index < -0.39 is 17.1 Å². The molecule has 1 aromatic heterocycles. The molecule has 0 amide bonds. The molecule has 1 aromatic rings. The van der Waals surface area contributed by atoms with E-state index in [1.54, 1.807) is 0 Å². The van der Waals surface area contributed by atoms with Crippen molar-refractivity contribution in [3.63, 3.8) is 0 Å². The van der Waals surface area contributed by atoms with E-state index in [1.165, 1.54) is 0 Å². The SMILES string of the molecule is O=c1n(Cl)c(=O)n(Cl)c(=O)n1Cl.S. The number of halogens is 3. The molecule has 0 aromatic carbocycles. The van der Waals surface area contributed by atoms with Gasteiger partial charge in [0, 0.05) is 35.3 Å². The fraction of sp³-hybridized carbons (Fsp3) is 0. The Morgan fingerprint density at radius 2 is 0.846 bits per heavy atom. The maximum atomic E-state index is 10.8. The highest BCUT2D eigenvalue weighted by Crippen LogP contribution is 1.78. The Balaban J connectivity index is 0.00000144. The van der Waals surface area contributed by atoms with Crippen LogP contribution >= 0.6 is 48.8 Å². The van der Waals surface area contributed by atoms with Crippen molar-refractivity contribution in [3.05, 3.63) is 31.5 Å². The van der Waals surface area contributed by atoms with Gasteiger partial charge in [-0.1, -0.05) is 0 Å². The van der Waals surface area contributed by atoms with Gasteiger partial charge < -0.3 is 0 Å². The predicted molar refractivity (Wildman–Crippen MR) is 53.4 cm³/mol. The van der Waals surface area contributed by atoms with E-state index in [-0.39, 0.29) is 25.8 Å². The van der Waals surface area contributed by atoms with Crippen molar-refractivity contribution in [2.75, 3.05) is 0 Å². The van der Waals surface area contributed by atoms with Crippen LogP contribution < -0.4 is 17.1 Å². The van der Waals surface area contributed by atoms with Crippen molar-refractivity contribution in [1.82, 2.24) is 12.3 Å². The Bertz CT molecular complexity index is 386. The fourth-order valence-corrected chi connectivity index (χ4v) is 1.05. The quantitative estimate of drug-likeness (QED) is 0.623. The number of nitrogens with zero attached hydrogens (tertiary/aromatic N) is 3. The Labute approximate surface area is 92.6 Å². The third-order valence-corrected chi connectivity index (χ3v) is 1.88. The van der Waals surface area contributed by atoms with E-state index in [2.05, 4.69) is 0 Å². The lowest BCUT2D eigenvalue weighted by Gasteiger charge is -1.96. The molecule has 6 nitrogen and oxygen atoms in total. The summed E-state index contributed by atoms with van der Waals surface area (Å²) in [6.45, 7) is 0. The highest BCUT2D eigenvalue weighted by Gasteiger charge is 2.10. The van der Waals surface area contributed by atoms with E-state index in [4.69, 9.17) is 35.3 Å². The summed E-state index contributed by atoms with van der Waals surface area (Å²) in [4.78, 5) is 32.3. The van der Waals surface area contributed by atoms with Crippen LogP contribution in [0.5, 0.6) is 0 Å². The molecule has 10 heteroatoms. The van der Waals surface area contributed by atoms with Gasteiger partial charge in [-0.2, -0.15) is 13.5 Å². The highest BCUT2D eigenvalue weighted by molar-refractivity contribution is 7.59. The molecule has 0 fully saturated rings. The van der Waals surface area contributed by atoms with Crippen LogP contribution in [0.15, 0.2) is 14.4 Å². The molecule has 0 spiro atoms. The largest absolute Gasteiger partial charge is 0.366 e. The molecule has 0 saturated heterocycles. The fourth-order valence-electron chi connectivity index (χ4n) is 0.477. The van der Waals surface area contributed by atoms with Gasteiger partial charge in [0.05, 0.1) is 0 Å². The second-order valence-electron chi connectivity index (χ2n) is 1.69. The Kier molecular flexibility index (Phi) is 4.11. The molecule has 13 heavy (non-hydrogen) atoms. The van der Waals surface area contributed by atoms with Gasteiger partial charge in [0.25, 0.3) is 0 Å². The minimum Gasteiger partial charge on any atom is -0.244 e. The molecule has 74 valence electrons. The zero-order chi connectivity index (χ0) is 9.46. The summed E-state index contributed by atoms with van der Waals surface area (Å²) in [5.41, 5.74) is -3.49. The zero-order valence-corrected chi connectivity index (χ0v) is 8.97. The van der Waals surface area contributed by atoms with Crippen LogP contribution in [0.25, 0.3) is 0 Å². The monoisotopic (exact) mass is 265 g/mol. The van der Waals surface area contributed by atoms with Gasteiger partial charge in [-0.05, 0) is 0 Å². The predicted octanol–water partition coefficient (Wildman–Crippen LogP) is -0.710. The van der Waals surface area contributed by atoms with E-state index in [0.717, 1.165) is 0 Å². The van der Waals surface area contributed by atoms with Gasteiger partial charge in [0.15, 0.2) is 0 Å². The van der Waals surface area contributed by atoms with Crippen LogP contribution in [0.2, 0.25) is 0 Å². The molecule has 0 aliphatic heterocycles. The van der Waals surface area contributed by atoms with Gasteiger partial charge in [-0.15, -0.1) is 12.3 Å². The molecule has 0 saturated carbocycles. The van der Waals surface area contributed by atoms with Gasteiger partial charge >= 0.3 is 17.1 Å². The molecule has 0 N–H and O–H groups in total. The Hall–Kier alpha value is -0.370. The first-order chi connectivity index (χ1) is 5.46. The Morgan fingerprint density at radius 3 is 1.00 bits per heavy atom. The molecule has 0 aliphatic rings. The summed E-state index contributed by atoms with van der Waals surface area (Å²) in [5, 5.41) is 0. The van der Waals surface area contributed by atoms with Crippen molar-refractivity contribution in [2.45, 2.75) is 0 Å². The summed E-state index contributed by atoms with van der Waals surface area (Å²) < 4.78 is 0.254. The normalized spacial score (nSPS) is 9.46. The van der Waals surface area contributed by atoms with Crippen LogP contribution in [0.4, 0.5) is 0 Å². The first-order valence-electron chi connectivity index (χ1n) is 2.46. The summed E-state index contributed by atoms with van der Waals surface area (Å²) in [7, 11) is 0. The topological polar surface area (TPSA) is 66.0 Å². The number of hydrogen-bond donors (Lipinski definition) is 0. The summed E-state index contributed by atoms with van der Waals surface area (Å²) in [6.07, 6.45) is 0. The number of rotatable bonds is 0. The third-order valence-electron chi connectivity index (χ3n) is 1.01. The van der Waals surface area contributed by atoms with Gasteiger partial charge in [0.1, 0.15) is 0 Å². The van der Waals surface area contributed by atoms with Crippen LogP contribution in [0, 0.1) is 0 Å². The lowest BCUT2D eigenvalue weighted by Crippen LogP contribution is -2.47. The Morgan fingerprint density at radius 1 is 0.692 bits per heavy atom. The van der Waals surface area contributed by atoms with Crippen molar-refractivity contribution < 1.29 is 0 Å².